The SMILES string of the molecule is O=C(Nc1ccc(F)cc1)c1cc(N2CCN(c3ccc(F)cc3)CC2)ccn1. The van der Waals surface area contributed by atoms with Gasteiger partial charge in [0.1, 0.15) is 17.3 Å². The number of hydrogen-bond acceptors (Lipinski definition) is 4. The Morgan fingerprint density at radius 2 is 1.34 bits per heavy atom. The number of benzene rings is 2. The lowest BCUT2D eigenvalue weighted by Crippen LogP contribution is -2.46. The molecular weight excluding hydrogens is 374 g/mol. The third-order valence-electron chi connectivity index (χ3n) is 4.91. The first-order valence-electron chi connectivity index (χ1n) is 9.37. The van der Waals surface area contributed by atoms with Crippen molar-refractivity contribution in [2.75, 3.05) is 41.3 Å². The first-order chi connectivity index (χ1) is 14.1. The zero-order chi connectivity index (χ0) is 20.2. The maximum atomic E-state index is 13.1. The van der Waals surface area contributed by atoms with Crippen molar-refractivity contribution >= 4 is 23.0 Å². The highest BCUT2D eigenvalue weighted by atomic mass is 19.1. The number of rotatable bonds is 4. The Morgan fingerprint density at radius 1 is 0.793 bits per heavy atom. The van der Waals surface area contributed by atoms with Gasteiger partial charge in [-0.1, -0.05) is 0 Å². The lowest BCUT2D eigenvalue weighted by atomic mass is 10.2. The zero-order valence-electron chi connectivity index (χ0n) is 15.7. The van der Waals surface area contributed by atoms with E-state index < -0.39 is 0 Å². The van der Waals surface area contributed by atoms with Crippen molar-refractivity contribution < 1.29 is 13.6 Å². The quantitative estimate of drug-likeness (QED) is 0.728. The molecule has 1 aromatic heterocycles. The van der Waals surface area contributed by atoms with E-state index in [0.29, 0.717) is 11.4 Å². The molecule has 148 valence electrons. The summed E-state index contributed by atoms with van der Waals surface area (Å²) in [5, 5.41) is 2.72. The summed E-state index contributed by atoms with van der Waals surface area (Å²) in [6.45, 7) is 3.15. The van der Waals surface area contributed by atoms with Crippen LogP contribution >= 0.6 is 0 Å². The molecule has 0 saturated carbocycles. The molecule has 2 heterocycles. The second kappa shape index (κ2) is 8.26. The third-order valence-corrected chi connectivity index (χ3v) is 4.91. The molecule has 1 aliphatic rings. The molecule has 0 spiro atoms. The minimum absolute atomic E-state index is 0.240. The minimum atomic E-state index is -0.358. The summed E-state index contributed by atoms with van der Waals surface area (Å²) in [4.78, 5) is 21.0. The van der Waals surface area contributed by atoms with Crippen LogP contribution in [0.1, 0.15) is 10.5 Å². The predicted molar refractivity (Wildman–Crippen MR) is 109 cm³/mol. The lowest BCUT2D eigenvalue weighted by Gasteiger charge is -2.37. The van der Waals surface area contributed by atoms with Crippen LogP contribution in [0.2, 0.25) is 0 Å². The fraction of sp³-hybridized carbons (Fsp3) is 0.182. The zero-order valence-corrected chi connectivity index (χ0v) is 15.7. The Bertz CT molecular complexity index is 984. The van der Waals surface area contributed by atoms with Crippen molar-refractivity contribution in [1.82, 2.24) is 4.98 Å². The first-order valence-corrected chi connectivity index (χ1v) is 9.37. The van der Waals surface area contributed by atoms with E-state index in [4.69, 9.17) is 0 Å². The summed E-state index contributed by atoms with van der Waals surface area (Å²) < 4.78 is 26.1. The Labute approximate surface area is 167 Å². The Morgan fingerprint density at radius 3 is 1.97 bits per heavy atom. The summed E-state index contributed by atoms with van der Waals surface area (Å²) in [6.07, 6.45) is 1.61. The highest BCUT2D eigenvalue weighted by molar-refractivity contribution is 6.03. The van der Waals surface area contributed by atoms with Gasteiger partial charge in [0.05, 0.1) is 0 Å². The fourth-order valence-corrected chi connectivity index (χ4v) is 3.34. The van der Waals surface area contributed by atoms with Crippen LogP contribution in [0, 0.1) is 11.6 Å². The largest absolute Gasteiger partial charge is 0.368 e. The molecule has 1 fully saturated rings. The summed E-state index contributed by atoms with van der Waals surface area (Å²) in [6, 6.07) is 15.7. The summed E-state index contributed by atoms with van der Waals surface area (Å²) in [5.41, 5.74) is 2.73. The van der Waals surface area contributed by atoms with E-state index in [2.05, 4.69) is 20.1 Å². The van der Waals surface area contributed by atoms with E-state index in [1.807, 2.05) is 6.07 Å². The van der Waals surface area contributed by atoms with Crippen molar-refractivity contribution in [2.45, 2.75) is 0 Å². The number of piperazine rings is 1. The fourth-order valence-electron chi connectivity index (χ4n) is 3.34. The first kappa shape index (κ1) is 18.9. The normalized spacial score (nSPS) is 14.0. The topological polar surface area (TPSA) is 48.5 Å². The molecule has 0 aliphatic carbocycles. The van der Waals surface area contributed by atoms with Crippen LogP contribution in [-0.4, -0.2) is 37.1 Å². The van der Waals surface area contributed by atoms with Crippen LogP contribution in [0.25, 0.3) is 0 Å². The maximum absolute atomic E-state index is 13.1. The number of anilines is 3. The number of carbonyl (C=O) groups excluding carboxylic acids is 1. The van der Waals surface area contributed by atoms with E-state index in [1.165, 1.54) is 36.4 Å². The summed E-state index contributed by atoms with van der Waals surface area (Å²) >= 11 is 0. The minimum Gasteiger partial charge on any atom is -0.368 e. The average molecular weight is 394 g/mol. The Hall–Kier alpha value is -3.48. The van der Waals surface area contributed by atoms with E-state index in [-0.39, 0.29) is 17.5 Å². The van der Waals surface area contributed by atoms with Gasteiger partial charge in [0, 0.05) is 49.4 Å². The molecule has 29 heavy (non-hydrogen) atoms. The van der Waals surface area contributed by atoms with Crippen molar-refractivity contribution in [3.63, 3.8) is 0 Å². The van der Waals surface area contributed by atoms with Crippen LogP contribution in [0.15, 0.2) is 66.9 Å². The molecular formula is C22H20F2N4O. The van der Waals surface area contributed by atoms with Crippen LogP contribution in [-0.2, 0) is 0 Å². The molecule has 1 amide bonds. The molecule has 4 rings (SSSR count). The van der Waals surface area contributed by atoms with Crippen molar-refractivity contribution in [1.29, 1.82) is 0 Å². The number of nitrogens with one attached hydrogen (secondary N) is 1. The van der Waals surface area contributed by atoms with Gasteiger partial charge in [-0.3, -0.25) is 9.78 Å². The Kier molecular flexibility index (Phi) is 5.37. The number of halogens is 2. The maximum Gasteiger partial charge on any atom is 0.274 e. The molecule has 1 saturated heterocycles. The standard InChI is InChI=1S/C22H20F2N4O/c23-16-1-5-18(6-2-16)26-22(29)21-15-20(9-10-25-21)28-13-11-27(12-14-28)19-7-3-17(24)4-8-19/h1-10,15H,11-14H2,(H,26,29). The van der Waals surface area contributed by atoms with Gasteiger partial charge in [0.2, 0.25) is 0 Å². The smallest absolute Gasteiger partial charge is 0.274 e. The monoisotopic (exact) mass is 394 g/mol. The van der Waals surface area contributed by atoms with Crippen LogP contribution in [0.5, 0.6) is 0 Å². The average Bonchev–Trinajstić information content (AvgIpc) is 2.76. The molecule has 2 aromatic carbocycles. The van der Waals surface area contributed by atoms with E-state index in [0.717, 1.165) is 37.6 Å². The number of hydrogen-bond donors (Lipinski definition) is 1. The van der Waals surface area contributed by atoms with Crippen LogP contribution < -0.4 is 15.1 Å². The number of aromatic nitrogens is 1. The van der Waals surface area contributed by atoms with Gasteiger partial charge in [0.25, 0.3) is 5.91 Å². The summed E-state index contributed by atoms with van der Waals surface area (Å²) in [7, 11) is 0. The van der Waals surface area contributed by atoms with Gasteiger partial charge in [-0.2, -0.15) is 0 Å². The molecule has 7 heteroatoms. The molecule has 3 aromatic rings. The lowest BCUT2D eigenvalue weighted by molar-refractivity contribution is 0.102. The predicted octanol–water partition coefficient (Wildman–Crippen LogP) is 3.94. The molecule has 0 atom stereocenters. The molecule has 0 bridgehead atoms. The molecule has 0 radical (unpaired) electrons. The number of pyridine rings is 1. The van der Waals surface area contributed by atoms with Gasteiger partial charge in [0.15, 0.2) is 0 Å². The van der Waals surface area contributed by atoms with Crippen LogP contribution in [0.3, 0.4) is 0 Å². The van der Waals surface area contributed by atoms with E-state index >= 15 is 0 Å². The van der Waals surface area contributed by atoms with Gasteiger partial charge >= 0.3 is 0 Å². The summed E-state index contributed by atoms with van der Waals surface area (Å²) in [5.74, 6) is -0.943. The second-order valence-electron chi connectivity index (χ2n) is 6.81. The molecule has 1 aliphatic heterocycles. The van der Waals surface area contributed by atoms with E-state index in [1.54, 1.807) is 24.4 Å². The van der Waals surface area contributed by atoms with Gasteiger partial charge < -0.3 is 15.1 Å². The highest BCUT2D eigenvalue weighted by Gasteiger charge is 2.19. The number of amides is 1. The number of carbonyl (C=O) groups is 1. The Balaban J connectivity index is 1.40. The van der Waals surface area contributed by atoms with Crippen LogP contribution in [0.4, 0.5) is 25.8 Å². The number of nitrogens with zero attached hydrogens (tertiary/aromatic N) is 3. The van der Waals surface area contributed by atoms with Gasteiger partial charge in [-0.15, -0.1) is 0 Å². The second-order valence-corrected chi connectivity index (χ2v) is 6.81. The third kappa shape index (κ3) is 4.51. The van der Waals surface area contributed by atoms with Gasteiger partial charge in [-0.05, 0) is 60.7 Å². The molecule has 0 unspecified atom stereocenters. The highest BCUT2D eigenvalue weighted by Crippen LogP contribution is 2.21. The molecule has 5 nitrogen and oxygen atoms in total. The molecule has 1 N–H and O–H groups in total. The van der Waals surface area contributed by atoms with Crippen molar-refractivity contribution in [2.24, 2.45) is 0 Å². The van der Waals surface area contributed by atoms with E-state index in [9.17, 15) is 13.6 Å². The van der Waals surface area contributed by atoms with Gasteiger partial charge in [-0.25, -0.2) is 8.78 Å². The van der Waals surface area contributed by atoms with Crippen molar-refractivity contribution in [3.8, 4) is 0 Å². The van der Waals surface area contributed by atoms with Crippen molar-refractivity contribution in [3.05, 3.63) is 84.2 Å².